The summed E-state index contributed by atoms with van der Waals surface area (Å²) in [6.45, 7) is 0. The van der Waals surface area contributed by atoms with Crippen LogP contribution in [0.1, 0.15) is 0 Å². The van der Waals surface area contributed by atoms with Crippen molar-refractivity contribution in [3.63, 3.8) is 0 Å². The number of fused-ring (bicyclic) bond motifs is 8. The molecule has 9 rings (SSSR count). The molecule has 0 aliphatic rings. The molecule has 0 aliphatic heterocycles. The van der Waals surface area contributed by atoms with Gasteiger partial charge < -0.3 is 45.8 Å². The van der Waals surface area contributed by atoms with Crippen LogP contribution in [0.25, 0.3) is 87.1 Å². The number of benzene rings is 8. The van der Waals surface area contributed by atoms with Crippen molar-refractivity contribution in [2.75, 3.05) is 0 Å². The number of aromatic nitrogens is 1. The fourth-order valence-corrected chi connectivity index (χ4v) is 7.50. The molecular formula is C40H25NO8. The van der Waals surface area contributed by atoms with Crippen molar-refractivity contribution in [3.05, 3.63) is 97.1 Å². The largest absolute Gasteiger partial charge is 0.504 e. The summed E-state index contributed by atoms with van der Waals surface area (Å²) in [6.07, 6.45) is 0. The number of hydrogen-bond acceptors (Lipinski definition) is 8. The van der Waals surface area contributed by atoms with E-state index in [1.54, 1.807) is 24.3 Å². The maximum absolute atomic E-state index is 11.7. The van der Waals surface area contributed by atoms with Gasteiger partial charge in [-0.1, -0.05) is 84.9 Å². The van der Waals surface area contributed by atoms with Gasteiger partial charge in [0.2, 0.25) is 23.0 Å². The van der Waals surface area contributed by atoms with Gasteiger partial charge in [-0.25, -0.2) is 0 Å². The minimum atomic E-state index is -1.02. The van der Waals surface area contributed by atoms with Crippen LogP contribution in [-0.4, -0.2) is 45.8 Å². The molecule has 0 saturated heterocycles. The third-order valence-electron chi connectivity index (χ3n) is 9.64. The predicted molar refractivity (Wildman–Crippen MR) is 190 cm³/mol. The zero-order chi connectivity index (χ0) is 33.9. The smallest absolute Gasteiger partial charge is 0.204 e. The molecule has 9 aromatic rings. The molecule has 0 radical (unpaired) electrons. The van der Waals surface area contributed by atoms with Crippen molar-refractivity contribution in [3.8, 4) is 68.2 Å². The van der Waals surface area contributed by atoms with Crippen LogP contribution in [-0.2, 0) is 0 Å². The van der Waals surface area contributed by atoms with Crippen LogP contribution in [0.5, 0.6) is 46.0 Å². The first-order chi connectivity index (χ1) is 23.7. The lowest BCUT2D eigenvalue weighted by atomic mass is 9.81. The van der Waals surface area contributed by atoms with Crippen molar-refractivity contribution in [1.29, 1.82) is 0 Å². The molecule has 0 amide bonds. The lowest BCUT2D eigenvalue weighted by Gasteiger charge is -2.23. The van der Waals surface area contributed by atoms with Gasteiger partial charge in [-0.05, 0) is 39.2 Å². The quantitative estimate of drug-likeness (QED) is 0.0386. The van der Waals surface area contributed by atoms with Crippen LogP contribution >= 0.6 is 0 Å². The second-order valence-corrected chi connectivity index (χ2v) is 12.1. The van der Waals surface area contributed by atoms with Gasteiger partial charge in [0.05, 0.1) is 5.52 Å². The van der Waals surface area contributed by atoms with E-state index in [1.165, 1.54) is 0 Å². The van der Waals surface area contributed by atoms with Crippen molar-refractivity contribution in [2.24, 2.45) is 0 Å². The Balaban J connectivity index is 1.63. The minimum Gasteiger partial charge on any atom is -0.504 e. The highest BCUT2D eigenvalue weighted by atomic mass is 16.4. The lowest BCUT2D eigenvalue weighted by molar-refractivity contribution is 0.350. The Bertz CT molecular complexity index is 2850. The first-order valence-electron chi connectivity index (χ1n) is 15.3. The number of hydrogen-bond donors (Lipinski definition) is 9. The molecule has 0 fully saturated rings. The summed E-state index contributed by atoms with van der Waals surface area (Å²) in [5.74, 6) is -7.37. The van der Waals surface area contributed by atoms with E-state index in [-0.39, 0.29) is 32.7 Å². The Labute approximate surface area is 275 Å². The normalized spacial score (nSPS) is 11.9. The van der Waals surface area contributed by atoms with E-state index in [1.807, 2.05) is 72.8 Å². The Kier molecular flexibility index (Phi) is 5.62. The van der Waals surface area contributed by atoms with Crippen LogP contribution in [0, 0.1) is 0 Å². The number of aromatic hydroxyl groups is 8. The molecule has 9 heteroatoms. The van der Waals surface area contributed by atoms with E-state index in [2.05, 4.69) is 4.98 Å². The van der Waals surface area contributed by atoms with Gasteiger partial charge in [0, 0.05) is 54.5 Å². The molecule has 0 atom stereocenters. The first kappa shape index (κ1) is 28.2. The van der Waals surface area contributed by atoms with Crippen LogP contribution < -0.4 is 0 Å². The van der Waals surface area contributed by atoms with Crippen molar-refractivity contribution in [2.45, 2.75) is 0 Å². The monoisotopic (exact) mass is 647 g/mol. The molecule has 0 saturated carbocycles. The van der Waals surface area contributed by atoms with E-state index in [4.69, 9.17) is 0 Å². The second-order valence-electron chi connectivity index (χ2n) is 12.1. The van der Waals surface area contributed by atoms with Gasteiger partial charge in [-0.3, -0.25) is 0 Å². The molecule has 238 valence electrons. The lowest BCUT2D eigenvalue weighted by Crippen LogP contribution is -1.96. The van der Waals surface area contributed by atoms with E-state index >= 15 is 0 Å². The minimum absolute atomic E-state index is 0.00530. The fourth-order valence-electron chi connectivity index (χ4n) is 7.50. The summed E-state index contributed by atoms with van der Waals surface area (Å²) < 4.78 is 0. The van der Waals surface area contributed by atoms with E-state index < -0.39 is 46.0 Å². The number of rotatable bonds is 2. The van der Waals surface area contributed by atoms with Crippen LogP contribution in [0.15, 0.2) is 97.1 Å². The third-order valence-corrected chi connectivity index (χ3v) is 9.64. The third kappa shape index (κ3) is 3.58. The zero-order valence-electron chi connectivity index (χ0n) is 25.3. The summed E-state index contributed by atoms with van der Waals surface area (Å²) in [5.41, 5.74) is 2.04. The van der Waals surface area contributed by atoms with Crippen molar-refractivity contribution < 1.29 is 40.9 Å². The topological polar surface area (TPSA) is 178 Å². The highest BCUT2D eigenvalue weighted by Gasteiger charge is 2.33. The molecule has 9 nitrogen and oxygen atoms in total. The van der Waals surface area contributed by atoms with Gasteiger partial charge >= 0.3 is 0 Å². The molecular weight excluding hydrogens is 622 g/mol. The summed E-state index contributed by atoms with van der Waals surface area (Å²) >= 11 is 0. The van der Waals surface area contributed by atoms with Crippen LogP contribution in [0.2, 0.25) is 0 Å². The maximum Gasteiger partial charge on any atom is 0.204 e. The fraction of sp³-hybridized carbons (Fsp3) is 0. The molecule has 8 aromatic carbocycles. The summed E-state index contributed by atoms with van der Waals surface area (Å²) in [6, 6.07) is 29.6. The van der Waals surface area contributed by atoms with Gasteiger partial charge in [-0.15, -0.1) is 0 Å². The van der Waals surface area contributed by atoms with E-state index in [0.717, 1.165) is 32.4 Å². The summed E-state index contributed by atoms with van der Waals surface area (Å²) in [4.78, 5) is 3.37. The van der Waals surface area contributed by atoms with Gasteiger partial charge in [-0.2, -0.15) is 0 Å². The van der Waals surface area contributed by atoms with E-state index in [0.29, 0.717) is 22.0 Å². The number of nitrogens with one attached hydrogen (secondary N) is 1. The first-order valence-corrected chi connectivity index (χ1v) is 15.3. The Morgan fingerprint density at radius 2 is 0.796 bits per heavy atom. The Hall–Kier alpha value is -7.00. The molecule has 49 heavy (non-hydrogen) atoms. The molecule has 1 heterocycles. The number of para-hydroxylation sites is 2. The highest BCUT2D eigenvalue weighted by Crippen LogP contribution is 2.62. The molecule has 0 bridgehead atoms. The number of phenols is 8. The highest BCUT2D eigenvalue weighted by molar-refractivity contribution is 6.32. The van der Waals surface area contributed by atoms with Crippen molar-refractivity contribution in [1.82, 2.24) is 4.98 Å². The van der Waals surface area contributed by atoms with Gasteiger partial charge in [0.1, 0.15) is 0 Å². The standard InChI is InChI=1S/C40H25NO8/c42-33-28-26(23-14-7-13-22-21-12-5-6-15-25(21)41-32(22)23)29-31(36(45)40(49)38(47)34(29)43)27(30(28)35(44)39(48)37(33)46)24-16-17-8-1-2-9-18(17)19-10-3-4-11-20(19)24/h1-16,41-49H. The number of aromatic amines is 1. The van der Waals surface area contributed by atoms with Crippen LogP contribution in [0.3, 0.4) is 0 Å². The average molecular weight is 648 g/mol. The Morgan fingerprint density at radius 3 is 1.39 bits per heavy atom. The maximum atomic E-state index is 11.7. The Morgan fingerprint density at radius 1 is 0.347 bits per heavy atom. The second kappa shape index (κ2) is 9.76. The number of phenolic OH excluding ortho intramolecular Hbond substituents is 8. The van der Waals surface area contributed by atoms with Gasteiger partial charge in [0.15, 0.2) is 23.0 Å². The SMILES string of the molecule is Oc1c(O)c(O)c2c(-c3cccc4c3[nH]c3ccccc34)c3c(O)c(O)c(O)c(O)c3c(-c3cc4ccccc4c4ccccc34)c2c1O. The summed E-state index contributed by atoms with van der Waals surface area (Å²) in [7, 11) is 0. The predicted octanol–water partition coefficient (Wildman–Crippen LogP) is 8.91. The van der Waals surface area contributed by atoms with Crippen molar-refractivity contribution >= 4 is 64.9 Å². The molecule has 0 spiro atoms. The molecule has 0 aliphatic carbocycles. The van der Waals surface area contributed by atoms with Gasteiger partial charge in [0.25, 0.3) is 0 Å². The zero-order valence-corrected chi connectivity index (χ0v) is 25.3. The molecule has 0 unspecified atom stereocenters. The summed E-state index contributed by atoms with van der Waals surface area (Å²) in [5, 5.41) is 94.9. The van der Waals surface area contributed by atoms with Crippen LogP contribution in [0.4, 0.5) is 0 Å². The molecule has 9 N–H and O–H groups in total. The molecule has 1 aromatic heterocycles. The van der Waals surface area contributed by atoms with E-state index in [9.17, 15) is 40.9 Å². The average Bonchev–Trinajstić information content (AvgIpc) is 3.52. The number of H-pyrrole nitrogens is 1.